The fraction of sp³-hybridized carbons (Fsp3) is 0.296. The fourth-order valence-electron chi connectivity index (χ4n) is 2.70. The largest absolute Gasteiger partial charge is 0.295 e. The molecule has 0 radical (unpaired) electrons. The zero-order valence-corrected chi connectivity index (χ0v) is 24.0. The number of carbonyl (C=O) groups is 1. The molecule has 0 aliphatic rings. The average molecular weight is 554 g/mol. The van der Waals surface area contributed by atoms with Gasteiger partial charge in [0, 0.05) is 13.2 Å². The van der Waals surface area contributed by atoms with Crippen molar-refractivity contribution in [2.75, 3.05) is 11.8 Å². The lowest BCUT2D eigenvalue weighted by molar-refractivity contribution is -0.113. The molecule has 1 N–H and O–H groups in total. The molecule has 6 nitrogen and oxygen atoms in total. The van der Waals surface area contributed by atoms with Crippen LogP contribution in [0, 0.1) is 18.6 Å². The number of allylic oxidation sites excluding steroid dienone is 5. The number of pyridine rings is 1. The molecular formula is C27H34ClF2N3O3S. The number of halogens is 3. The summed E-state index contributed by atoms with van der Waals surface area (Å²) >= 11 is 5.84. The summed E-state index contributed by atoms with van der Waals surface area (Å²) in [6.07, 6.45) is 5.90. The summed E-state index contributed by atoms with van der Waals surface area (Å²) in [5, 5.41) is 0.0889. The van der Waals surface area contributed by atoms with Crippen LogP contribution in [-0.4, -0.2) is 31.9 Å². The molecule has 0 unspecified atom stereocenters. The molecule has 0 amide bonds. The standard InChI is InChI=1S/C22H22ClF2N3O3S.C3H6.C2H6/c1-12(13(2)15(4)29)6-8-18(26-5)21-17(24)7-9-19(22(21)25)28-32(30,31)20-10-16(23)11-27-14(20)3;1-3-2;1-2/h6-11,28H,1-5H3;3H,1H2,2H3;1-2H3/b8-6-,13-12-,26-18?;;. The SMILES string of the molecule is C=CC.CC.CN=C(/C=C\C(C)=C(\C)C(C)=O)c1c(F)ccc(NS(=O)(=O)c2cc(Cl)cnc2C)c1F. The van der Waals surface area contributed by atoms with E-state index in [2.05, 4.69) is 21.3 Å². The van der Waals surface area contributed by atoms with E-state index >= 15 is 4.39 Å². The van der Waals surface area contributed by atoms with E-state index in [1.165, 1.54) is 45.3 Å². The van der Waals surface area contributed by atoms with Gasteiger partial charge in [-0.05, 0) is 70.0 Å². The van der Waals surface area contributed by atoms with Crippen molar-refractivity contribution in [2.24, 2.45) is 4.99 Å². The number of Topliss-reactive ketones (excluding diaryl/α,β-unsaturated/α-hetero) is 1. The summed E-state index contributed by atoms with van der Waals surface area (Å²) in [7, 11) is -2.92. The summed E-state index contributed by atoms with van der Waals surface area (Å²) in [5.74, 6) is -2.21. The van der Waals surface area contributed by atoms with Crippen molar-refractivity contribution in [3.8, 4) is 0 Å². The van der Waals surface area contributed by atoms with Crippen LogP contribution in [0.25, 0.3) is 0 Å². The number of anilines is 1. The van der Waals surface area contributed by atoms with Gasteiger partial charge in [0.2, 0.25) is 0 Å². The maximum absolute atomic E-state index is 15.2. The van der Waals surface area contributed by atoms with E-state index in [0.717, 1.165) is 12.1 Å². The number of hydrogen-bond donors (Lipinski definition) is 1. The zero-order chi connectivity index (χ0) is 28.9. The van der Waals surface area contributed by atoms with Gasteiger partial charge in [-0.25, -0.2) is 17.2 Å². The highest BCUT2D eigenvalue weighted by Gasteiger charge is 2.23. The Labute approximate surface area is 223 Å². The van der Waals surface area contributed by atoms with Gasteiger partial charge in [0.25, 0.3) is 10.0 Å². The molecule has 37 heavy (non-hydrogen) atoms. The second-order valence-corrected chi connectivity index (χ2v) is 9.43. The molecule has 0 aliphatic carbocycles. The minimum Gasteiger partial charge on any atom is -0.295 e. The van der Waals surface area contributed by atoms with Gasteiger partial charge in [0.15, 0.2) is 11.6 Å². The topological polar surface area (TPSA) is 88.5 Å². The number of nitrogens with zero attached hydrogens (tertiary/aromatic N) is 2. The second-order valence-electron chi connectivity index (χ2n) is 7.34. The van der Waals surface area contributed by atoms with Crippen LogP contribution < -0.4 is 4.72 Å². The lowest BCUT2D eigenvalue weighted by Gasteiger charge is -2.13. The number of nitrogens with one attached hydrogen (secondary N) is 1. The number of rotatable bonds is 7. The third kappa shape index (κ3) is 9.66. The molecule has 1 heterocycles. The Bertz CT molecular complexity index is 1320. The van der Waals surface area contributed by atoms with E-state index in [4.69, 9.17) is 11.6 Å². The first-order chi connectivity index (χ1) is 17.3. The first kappa shape index (κ1) is 33.8. The molecule has 2 aromatic rings. The van der Waals surface area contributed by atoms with E-state index in [1.807, 2.05) is 20.8 Å². The lowest BCUT2D eigenvalue weighted by atomic mass is 10.0. The molecule has 1 aromatic heterocycles. The third-order valence-corrected chi connectivity index (χ3v) is 6.43. The molecule has 0 saturated carbocycles. The van der Waals surface area contributed by atoms with Gasteiger partial charge in [0.1, 0.15) is 10.7 Å². The predicted molar refractivity (Wildman–Crippen MR) is 149 cm³/mol. The summed E-state index contributed by atoms with van der Waals surface area (Å²) in [6, 6.07) is 3.09. The van der Waals surface area contributed by atoms with E-state index in [1.54, 1.807) is 19.9 Å². The smallest absolute Gasteiger partial charge is 0.263 e. The normalized spacial score (nSPS) is 12.0. The van der Waals surface area contributed by atoms with Crippen molar-refractivity contribution in [3.63, 3.8) is 0 Å². The Morgan fingerprint density at radius 2 is 1.73 bits per heavy atom. The molecule has 0 fully saturated rings. The highest BCUT2D eigenvalue weighted by Crippen LogP contribution is 2.27. The highest BCUT2D eigenvalue weighted by atomic mass is 35.5. The summed E-state index contributed by atoms with van der Waals surface area (Å²) < 4.78 is 57.4. The van der Waals surface area contributed by atoms with Gasteiger partial charge in [-0.2, -0.15) is 0 Å². The van der Waals surface area contributed by atoms with Gasteiger partial charge < -0.3 is 0 Å². The zero-order valence-electron chi connectivity index (χ0n) is 22.4. The van der Waals surface area contributed by atoms with Crippen molar-refractivity contribution in [1.29, 1.82) is 0 Å². The van der Waals surface area contributed by atoms with Gasteiger partial charge in [-0.3, -0.25) is 19.5 Å². The van der Waals surface area contributed by atoms with Crippen LogP contribution in [0.2, 0.25) is 5.02 Å². The van der Waals surface area contributed by atoms with Crippen LogP contribution in [0.4, 0.5) is 14.5 Å². The lowest BCUT2D eigenvalue weighted by Crippen LogP contribution is -2.17. The van der Waals surface area contributed by atoms with Gasteiger partial charge in [0.05, 0.1) is 27.7 Å². The Morgan fingerprint density at radius 3 is 2.24 bits per heavy atom. The predicted octanol–water partition coefficient (Wildman–Crippen LogP) is 7.24. The summed E-state index contributed by atoms with van der Waals surface area (Å²) in [5.41, 5.74) is 0.189. The van der Waals surface area contributed by atoms with E-state index in [0.29, 0.717) is 11.1 Å². The van der Waals surface area contributed by atoms with E-state index in [9.17, 15) is 17.6 Å². The molecule has 10 heteroatoms. The number of carbonyl (C=O) groups excluding carboxylic acids is 1. The Kier molecular flexibility index (Phi) is 14.5. The fourth-order valence-corrected chi connectivity index (χ4v) is 4.21. The maximum Gasteiger partial charge on any atom is 0.263 e. The van der Waals surface area contributed by atoms with Crippen LogP contribution in [0.3, 0.4) is 0 Å². The molecule has 2 rings (SSSR count). The molecule has 0 spiro atoms. The number of sulfonamides is 1. The third-order valence-electron chi connectivity index (χ3n) is 4.74. The van der Waals surface area contributed by atoms with Crippen molar-refractivity contribution < 1.29 is 22.0 Å². The monoisotopic (exact) mass is 553 g/mol. The first-order valence-corrected chi connectivity index (χ1v) is 13.2. The molecule has 0 bridgehead atoms. The Hall–Kier alpha value is -3.17. The number of hydrogen-bond acceptors (Lipinski definition) is 5. The summed E-state index contributed by atoms with van der Waals surface area (Å²) in [4.78, 5) is 19.1. The first-order valence-electron chi connectivity index (χ1n) is 11.3. The number of ketones is 1. The molecule has 202 valence electrons. The number of aromatic nitrogens is 1. The summed E-state index contributed by atoms with van der Waals surface area (Å²) in [6.45, 7) is 15.4. The van der Waals surface area contributed by atoms with E-state index < -0.39 is 32.9 Å². The maximum atomic E-state index is 15.2. The van der Waals surface area contributed by atoms with Crippen molar-refractivity contribution in [1.82, 2.24) is 4.98 Å². The van der Waals surface area contributed by atoms with Gasteiger partial charge in [-0.1, -0.05) is 37.6 Å². The molecule has 0 saturated heterocycles. The van der Waals surface area contributed by atoms with Crippen molar-refractivity contribution in [2.45, 2.75) is 53.4 Å². The van der Waals surface area contributed by atoms with E-state index in [-0.39, 0.29) is 27.1 Å². The van der Waals surface area contributed by atoms with Crippen LogP contribution in [0.1, 0.15) is 52.8 Å². The van der Waals surface area contributed by atoms with Crippen LogP contribution in [0.15, 0.2) is 70.2 Å². The minimum atomic E-state index is -4.26. The van der Waals surface area contributed by atoms with Crippen LogP contribution in [0.5, 0.6) is 0 Å². The minimum absolute atomic E-state index is 0.0719. The van der Waals surface area contributed by atoms with Crippen molar-refractivity contribution in [3.05, 3.63) is 88.3 Å². The quantitative estimate of drug-likeness (QED) is 0.169. The average Bonchev–Trinajstić information content (AvgIpc) is 2.85. The number of benzene rings is 1. The second kappa shape index (κ2) is 15.8. The highest BCUT2D eigenvalue weighted by molar-refractivity contribution is 7.92. The Morgan fingerprint density at radius 1 is 1.16 bits per heavy atom. The molecule has 0 atom stereocenters. The number of aliphatic imine (C=N–C) groups is 1. The number of aryl methyl sites for hydroxylation is 1. The molecule has 0 aliphatic heterocycles. The van der Waals surface area contributed by atoms with Crippen LogP contribution >= 0.6 is 11.6 Å². The van der Waals surface area contributed by atoms with Crippen molar-refractivity contribution >= 4 is 38.8 Å². The molecular weight excluding hydrogens is 520 g/mol. The molecule has 1 aromatic carbocycles. The Balaban J connectivity index is 0.00000241. The van der Waals surface area contributed by atoms with Gasteiger partial charge in [-0.15, -0.1) is 6.58 Å². The van der Waals surface area contributed by atoms with Gasteiger partial charge >= 0.3 is 0 Å². The van der Waals surface area contributed by atoms with Crippen LogP contribution in [-0.2, 0) is 14.8 Å².